The molecule has 1 heterocycles. The van der Waals surface area contributed by atoms with Crippen LogP contribution in [-0.2, 0) is 23.8 Å². The first kappa shape index (κ1) is 22.7. The van der Waals surface area contributed by atoms with Crippen molar-refractivity contribution in [3.63, 3.8) is 0 Å². The highest BCUT2D eigenvalue weighted by Gasteiger charge is 2.40. The molecule has 6 nitrogen and oxygen atoms in total. The third kappa shape index (κ3) is 7.04. The maximum Gasteiger partial charge on any atom is 0.302 e. The highest BCUT2D eigenvalue weighted by atomic mass is 16.7. The maximum absolute atomic E-state index is 12.4. The van der Waals surface area contributed by atoms with Gasteiger partial charge in [0.1, 0.15) is 12.4 Å². The van der Waals surface area contributed by atoms with Gasteiger partial charge in [0.05, 0.1) is 12.2 Å². The molecule has 1 aliphatic carbocycles. The molecule has 8 atom stereocenters. The number of ether oxygens (including phenoxy) is 3. The minimum absolute atomic E-state index is 0.0186. The van der Waals surface area contributed by atoms with Crippen LogP contribution in [0.15, 0.2) is 0 Å². The van der Waals surface area contributed by atoms with Gasteiger partial charge in [-0.15, -0.1) is 0 Å². The van der Waals surface area contributed by atoms with Gasteiger partial charge >= 0.3 is 5.97 Å². The number of carbonyl (C=O) groups excluding carboxylic acids is 2. The van der Waals surface area contributed by atoms with Crippen molar-refractivity contribution in [3.05, 3.63) is 0 Å². The van der Waals surface area contributed by atoms with Crippen LogP contribution in [0, 0.1) is 29.6 Å². The van der Waals surface area contributed by atoms with E-state index in [2.05, 4.69) is 20.8 Å². The Bertz CT molecular complexity index is 556. The lowest BCUT2D eigenvalue weighted by molar-refractivity contribution is -0.255. The van der Waals surface area contributed by atoms with E-state index in [0.29, 0.717) is 31.8 Å². The van der Waals surface area contributed by atoms with E-state index in [1.165, 1.54) is 6.92 Å². The molecule has 2 aliphatic rings. The van der Waals surface area contributed by atoms with Gasteiger partial charge < -0.3 is 19.3 Å². The zero-order valence-electron chi connectivity index (χ0n) is 19.5. The van der Waals surface area contributed by atoms with Gasteiger partial charge in [-0.1, -0.05) is 34.1 Å². The molecular formula is C23H40O6. The van der Waals surface area contributed by atoms with Crippen molar-refractivity contribution < 1.29 is 30.3 Å². The van der Waals surface area contributed by atoms with Crippen LogP contribution >= 0.6 is 0 Å². The van der Waals surface area contributed by atoms with Crippen LogP contribution in [0.1, 0.15) is 74.5 Å². The third-order valence-corrected chi connectivity index (χ3v) is 6.87. The first-order valence-corrected chi connectivity index (χ1v) is 11.1. The first-order valence-electron chi connectivity index (χ1n) is 11.9. The predicted molar refractivity (Wildman–Crippen MR) is 110 cm³/mol. The van der Waals surface area contributed by atoms with Gasteiger partial charge in [-0.3, -0.25) is 9.59 Å². The van der Waals surface area contributed by atoms with Crippen molar-refractivity contribution in [1.82, 2.24) is 0 Å². The van der Waals surface area contributed by atoms with Crippen molar-refractivity contribution in [1.29, 1.82) is 0 Å². The van der Waals surface area contributed by atoms with Gasteiger partial charge in [0.2, 0.25) is 0 Å². The Morgan fingerprint density at radius 1 is 1.10 bits per heavy atom. The van der Waals surface area contributed by atoms with E-state index in [4.69, 9.17) is 15.6 Å². The number of hydrogen-bond donors (Lipinski definition) is 1. The van der Waals surface area contributed by atoms with Crippen molar-refractivity contribution in [3.8, 4) is 0 Å². The number of Topliss-reactive ketones (excluding diaryl/α,β-unsaturated/α-hetero) is 1. The van der Waals surface area contributed by atoms with Crippen molar-refractivity contribution in [2.75, 3.05) is 13.2 Å². The monoisotopic (exact) mass is 413 g/mol. The normalized spacial score (nSPS) is 37.9. The molecule has 1 saturated carbocycles. The average molecular weight is 414 g/mol. The van der Waals surface area contributed by atoms with Crippen molar-refractivity contribution >= 4 is 11.8 Å². The zero-order valence-corrected chi connectivity index (χ0v) is 18.5. The molecule has 0 amide bonds. The molecule has 0 bridgehead atoms. The Morgan fingerprint density at radius 3 is 2.55 bits per heavy atom. The lowest BCUT2D eigenvalue weighted by Gasteiger charge is -2.43. The summed E-state index contributed by atoms with van der Waals surface area (Å²) in [5, 5.41) is 9.76. The van der Waals surface area contributed by atoms with Crippen LogP contribution in [-0.4, -0.2) is 48.6 Å². The standard InChI is InChI=1S/C23H40O6/c1-14-11-19(25)12-20(14)21(26)9-7-6-8-10-27-23-17(4)15(2)16(3)22(29-23)13-28-18(5)24/h14-17,19-20,22-23,25H,6-13H2,1-5H3/t14-,15+,16-,17?,19-,20?,22?,23-/m1/s1/i1D. The van der Waals surface area contributed by atoms with E-state index in [0.717, 1.165) is 19.3 Å². The summed E-state index contributed by atoms with van der Waals surface area (Å²) in [5.41, 5.74) is 0. The molecule has 6 heteroatoms. The number of ketones is 1. The van der Waals surface area contributed by atoms with E-state index in [1.54, 1.807) is 0 Å². The fourth-order valence-electron chi connectivity index (χ4n) is 4.52. The van der Waals surface area contributed by atoms with E-state index >= 15 is 0 Å². The van der Waals surface area contributed by atoms with Gasteiger partial charge in [-0.05, 0) is 43.4 Å². The minimum atomic E-state index is -0.421. The molecule has 2 fully saturated rings. The van der Waals surface area contributed by atoms with Crippen LogP contribution in [0.3, 0.4) is 0 Å². The van der Waals surface area contributed by atoms with Crippen LogP contribution in [0.4, 0.5) is 0 Å². The van der Waals surface area contributed by atoms with Crippen LogP contribution in [0.5, 0.6) is 0 Å². The highest BCUT2D eigenvalue weighted by molar-refractivity contribution is 5.81. The number of rotatable bonds is 10. The average Bonchev–Trinajstić information content (AvgIpc) is 3.10. The summed E-state index contributed by atoms with van der Waals surface area (Å²) in [6.07, 6.45) is 3.30. The van der Waals surface area contributed by atoms with Gasteiger partial charge in [-0.25, -0.2) is 0 Å². The smallest absolute Gasteiger partial charge is 0.302 e. The second-order valence-electron chi connectivity index (χ2n) is 9.06. The molecule has 2 rings (SSSR count). The van der Waals surface area contributed by atoms with E-state index in [9.17, 15) is 14.7 Å². The fraction of sp³-hybridized carbons (Fsp3) is 0.913. The number of carbonyl (C=O) groups is 2. The molecule has 168 valence electrons. The molecular weight excluding hydrogens is 372 g/mol. The topological polar surface area (TPSA) is 82.1 Å². The predicted octanol–water partition coefficient (Wildman–Crippen LogP) is 3.74. The van der Waals surface area contributed by atoms with Crippen LogP contribution < -0.4 is 0 Å². The van der Waals surface area contributed by atoms with E-state index in [1.807, 2.05) is 0 Å². The Labute approximate surface area is 177 Å². The Balaban J connectivity index is 1.66. The Hall–Kier alpha value is -0.980. The van der Waals surface area contributed by atoms with Gasteiger partial charge in [-0.2, -0.15) is 0 Å². The first-order chi connectivity index (χ1) is 14.2. The van der Waals surface area contributed by atoms with Crippen LogP contribution in [0.25, 0.3) is 0 Å². The fourth-order valence-corrected chi connectivity index (χ4v) is 4.52. The molecule has 1 N–H and O–H groups in total. The molecule has 29 heavy (non-hydrogen) atoms. The molecule has 0 aromatic carbocycles. The number of aliphatic hydroxyl groups is 1. The van der Waals surface area contributed by atoms with Crippen LogP contribution in [0.2, 0.25) is 0 Å². The second kappa shape index (κ2) is 11.4. The lowest BCUT2D eigenvalue weighted by Crippen LogP contribution is -2.47. The van der Waals surface area contributed by atoms with Gasteiger partial charge in [0, 0.05) is 33.2 Å². The number of aliphatic hydroxyl groups excluding tert-OH is 1. The summed E-state index contributed by atoms with van der Waals surface area (Å²) in [7, 11) is 0. The molecule has 1 aliphatic heterocycles. The summed E-state index contributed by atoms with van der Waals surface area (Å²) >= 11 is 0. The van der Waals surface area contributed by atoms with Crippen molar-refractivity contribution in [2.24, 2.45) is 29.6 Å². The minimum Gasteiger partial charge on any atom is -0.463 e. The van der Waals surface area contributed by atoms with Gasteiger partial charge in [0.15, 0.2) is 6.29 Å². The number of esters is 1. The summed E-state index contributed by atoms with van der Waals surface area (Å²) in [5.74, 6) is 0.717. The Kier molecular flexibility index (Phi) is 8.94. The highest BCUT2D eigenvalue weighted by Crippen LogP contribution is 2.36. The molecule has 1 saturated heterocycles. The number of unbranched alkanes of at least 4 members (excludes halogenated alkanes) is 2. The van der Waals surface area contributed by atoms with Gasteiger partial charge in [0.25, 0.3) is 0 Å². The quantitative estimate of drug-likeness (QED) is 0.434. The third-order valence-electron chi connectivity index (χ3n) is 6.87. The van der Waals surface area contributed by atoms with Crippen molar-refractivity contribution in [2.45, 2.75) is 91.6 Å². The maximum atomic E-state index is 12.4. The van der Waals surface area contributed by atoms with E-state index in [-0.39, 0.29) is 61.3 Å². The molecule has 0 aromatic rings. The zero-order chi connectivity index (χ0) is 22.3. The number of hydrogen-bond acceptors (Lipinski definition) is 6. The lowest BCUT2D eigenvalue weighted by atomic mass is 9.79. The molecule has 0 spiro atoms. The van der Waals surface area contributed by atoms with E-state index < -0.39 is 6.10 Å². The summed E-state index contributed by atoms with van der Waals surface area (Å²) < 4.78 is 24.8. The molecule has 0 aromatic heterocycles. The Morgan fingerprint density at radius 2 is 1.86 bits per heavy atom. The molecule has 3 unspecified atom stereocenters. The summed E-state index contributed by atoms with van der Waals surface area (Å²) in [4.78, 5) is 23.5. The summed E-state index contributed by atoms with van der Waals surface area (Å²) in [6.45, 7) is 8.89. The molecule has 0 radical (unpaired) electrons. The SMILES string of the molecule is [2H]C[C@@H]1C[C@@H](O)CC1C(=O)CCCCCO[C@@H]1OC(COC(C)=O)[C@H](C)[C@H](C)C1C. The summed E-state index contributed by atoms with van der Waals surface area (Å²) in [6, 6.07) is 0. The largest absolute Gasteiger partial charge is 0.463 e. The second-order valence-corrected chi connectivity index (χ2v) is 9.06.